The van der Waals surface area contributed by atoms with Gasteiger partial charge in [0.2, 0.25) is 11.8 Å². The second kappa shape index (κ2) is 7.25. The van der Waals surface area contributed by atoms with Crippen molar-refractivity contribution >= 4 is 17.5 Å². The number of carbonyl (C=O) groups excluding carboxylic acids is 2. The summed E-state index contributed by atoms with van der Waals surface area (Å²) in [6.45, 7) is 0.305. The van der Waals surface area contributed by atoms with Gasteiger partial charge < -0.3 is 10.2 Å². The van der Waals surface area contributed by atoms with Gasteiger partial charge in [0.25, 0.3) is 0 Å². The maximum Gasteiger partial charge on any atom is 0.240 e. The third kappa shape index (κ3) is 3.79. The molecule has 2 aromatic carbocycles. The van der Waals surface area contributed by atoms with Crippen LogP contribution in [0, 0.1) is 5.82 Å². The number of benzene rings is 2. The van der Waals surface area contributed by atoms with Gasteiger partial charge in [0, 0.05) is 18.7 Å². The number of amides is 2. The van der Waals surface area contributed by atoms with Gasteiger partial charge in [-0.1, -0.05) is 30.3 Å². The smallest absolute Gasteiger partial charge is 0.240 e. The third-order valence-corrected chi connectivity index (χ3v) is 4.12. The average Bonchev–Trinajstić information content (AvgIpc) is 2.74. The molecule has 0 saturated heterocycles. The first kappa shape index (κ1) is 16.2. The van der Waals surface area contributed by atoms with E-state index in [0.29, 0.717) is 13.0 Å². The SMILES string of the molecule is O=C(CN1C(=O)CCCc2ccccc21)NCc1ccc(F)cc1. The summed E-state index contributed by atoms with van der Waals surface area (Å²) in [6.07, 6.45) is 2.08. The van der Waals surface area contributed by atoms with Crippen LogP contribution in [0.25, 0.3) is 0 Å². The van der Waals surface area contributed by atoms with E-state index in [9.17, 15) is 14.0 Å². The monoisotopic (exact) mass is 326 g/mol. The highest BCUT2D eigenvalue weighted by atomic mass is 19.1. The summed E-state index contributed by atoms with van der Waals surface area (Å²) in [4.78, 5) is 26.1. The van der Waals surface area contributed by atoms with Crippen molar-refractivity contribution in [1.29, 1.82) is 0 Å². The summed E-state index contributed by atoms with van der Waals surface area (Å²) in [5.74, 6) is -0.571. The van der Waals surface area contributed by atoms with Gasteiger partial charge in [-0.15, -0.1) is 0 Å². The zero-order chi connectivity index (χ0) is 16.9. The number of hydrogen-bond acceptors (Lipinski definition) is 2. The maximum atomic E-state index is 12.9. The zero-order valence-electron chi connectivity index (χ0n) is 13.3. The van der Waals surface area contributed by atoms with Crippen LogP contribution in [-0.2, 0) is 22.6 Å². The first-order valence-electron chi connectivity index (χ1n) is 8.03. The molecule has 3 rings (SSSR count). The molecule has 5 heteroatoms. The average molecular weight is 326 g/mol. The van der Waals surface area contributed by atoms with E-state index in [2.05, 4.69) is 5.32 Å². The summed E-state index contributed by atoms with van der Waals surface area (Å²) in [7, 11) is 0. The minimum Gasteiger partial charge on any atom is -0.350 e. The Morgan fingerprint density at radius 3 is 2.62 bits per heavy atom. The highest BCUT2D eigenvalue weighted by molar-refractivity contribution is 5.99. The summed E-state index contributed by atoms with van der Waals surface area (Å²) >= 11 is 0. The van der Waals surface area contributed by atoms with Gasteiger partial charge >= 0.3 is 0 Å². The molecular weight excluding hydrogens is 307 g/mol. The largest absolute Gasteiger partial charge is 0.350 e. The maximum absolute atomic E-state index is 12.9. The first-order valence-corrected chi connectivity index (χ1v) is 8.03. The molecule has 1 heterocycles. The molecule has 0 bridgehead atoms. The third-order valence-electron chi connectivity index (χ3n) is 4.12. The van der Waals surface area contributed by atoms with E-state index in [0.717, 1.165) is 29.7 Å². The molecule has 0 atom stereocenters. The zero-order valence-corrected chi connectivity index (χ0v) is 13.3. The predicted octanol–water partition coefficient (Wildman–Crippen LogP) is 2.81. The number of halogens is 1. The normalized spacial score (nSPS) is 14.0. The number of aryl methyl sites for hydroxylation is 1. The van der Waals surface area contributed by atoms with Crippen LogP contribution in [0.1, 0.15) is 24.0 Å². The van der Waals surface area contributed by atoms with Gasteiger partial charge in [0.05, 0.1) is 0 Å². The van der Waals surface area contributed by atoms with E-state index in [4.69, 9.17) is 0 Å². The van der Waals surface area contributed by atoms with Crippen molar-refractivity contribution in [2.45, 2.75) is 25.8 Å². The molecule has 0 fully saturated rings. The van der Waals surface area contributed by atoms with Crippen LogP contribution in [-0.4, -0.2) is 18.4 Å². The number of anilines is 1. The molecule has 0 spiro atoms. The fourth-order valence-electron chi connectivity index (χ4n) is 2.86. The summed E-state index contributed by atoms with van der Waals surface area (Å²) < 4.78 is 12.9. The molecule has 1 aliphatic rings. The number of para-hydroxylation sites is 1. The van der Waals surface area contributed by atoms with Gasteiger partial charge in [-0.25, -0.2) is 4.39 Å². The second-order valence-corrected chi connectivity index (χ2v) is 5.87. The predicted molar refractivity (Wildman–Crippen MR) is 90.0 cm³/mol. The van der Waals surface area contributed by atoms with Crippen LogP contribution in [0.5, 0.6) is 0 Å². The van der Waals surface area contributed by atoms with Gasteiger partial charge in [-0.05, 0) is 42.2 Å². The Bertz CT molecular complexity index is 743. The topological polar surface area (TPSA) is 49.4 Å². The van der Waals surface area contributed by atoms with Gasteiger partial charge in [0.15, 0.2) is 0 Å². The molecule has 2 aromatic rings. The van der Waals surface area contributed by atoms with Crippen LogP contribution < -0.4 is 10.2 Å². The molecule has 124 valence electrons. The number of nitrogens with zero attached hydrogens (tertiary/aromatic N) is 1. The van der Waals surface area contributed by atoms with Gasteiger partial charge in [-0.3, -0.25) is 9.59 Å². The number of nitrogens with one attached hydrogen (secondary N) is 1. The number of fused-ring (bicyclic) bond motifs is 1. The lowest BCUT2D eigenvalue weighted by Crippen LogP contribution is -2.40. The van der Waals surface area contributed by atoms with Crippen molar-refractivity contribution in [1.82, 2.24) is 5.32 Å². The fourth-order valence-corrected chi connectivity index (χ4v) is 2.86. The van der Waals surface area contributed by atoms with Crippen LogP contribution in [0.15, 0.2) is 48.5 Å². The Balaban J connectivity index is 1.66. The molecule has 1 aliphatic heterocycles. The van der Waals surface area contributed by atoms with Crippen molar-refractivity contribution in [3.63, 3.8) is 0 Å². The Hall–Kier alpha value is -2.69. The standard InChI is InChI=1S/C19H19FN2O2/c20-16-10-8-14(9-11-16)12-21-18(23)13-22-17-6-2-1-4-15(17)5-3-7-19(22)24/h1-2,4,6,8-11H,3,5,7,12-13H2,(H,21,23). The van der Waals surface area contributed by atoms with Gasteiger partial charge in [0.1, 0.15) is 12.4 Å². The van der Waals surface area contributed by atoms with E-state index < -0.39 is 0 Å². The van der Waals surface area contributed by atoms with Crippen LogP contribution in [0.2, 0.25) is 0 Å². The molecule has 0 radical (unpaired) electrons. The summed E-state index contributed by atoms with van der Waals surface area (Å²) in [5.41, 5.74) is 2.72. The van der Waals surface area contributed by atoms with E-state index >= 15 is 0 Å². The minimum atomic E-state index is -0.308. The highest BCUT2D eigenvalue weighted by Crippen LogP contribution is 2.26. The number of carbonyl (C=O) groups is 2. The lowest BCUT2D eigenvalue weighted by atomic mass is 10.1. The molecule has 0 unspecified atom stereocenters. The summed E-state index contributed by atoms with van der Waals surface area (Å²) in [6, 6.07) is 13.7. The lowest BCUT2D eigenvalue weighted by molar-refractivity contribution is -0.123. The molecule has 24 heavy (non-hydrogen) atoms. The van der Waals surface area contributed by atoms with Crippen molar-refractivity contribution in [3.8, 4) is 0 Å². The van der Waals surface area contributed by atoms with E-state index in [1.165, 1.54) is 12.1 Å². The van der Waals surface area contributed by atoms with Crippen molar-refractivity contribution in [3.05, 3.63) is 65.5 Å². The Labute approximate surface area is 140 Å². The molecule has 1 N–H and O–H groups in total. The Morgan fingerprint density at radius 2 is 1.83 bits per heavy atom. The van der Waals surface area contributed by atoms with Crippen molar-refractivity contribution in [2.75, 3.05) is 11.4 Å². The Kier molecular flexibility index (Phi) is 4.89. The molecule has 0 aromatic heterocycles. The number of rotatable bonds is 4. The minimum absolute atomic E-state index is 0.00294. The second-order valence-electron chi connectivity index (χ2n) is 5.87. The molecule has 4 nitrogen and oxygen atoms in total. The molecule has 2 amide bonds. The summed E-state index contributed by atoms with van der Waals surface area (Å²) in [5, 5.41) is 2.78. The van der Waals surface area contributed by atoms with Crippen molar-refractivity contribution < 1.29 is 14.0 Å². The highest BCUT2D eigenvalue weighted by Gasteiger charge is 2.23. The molecule has 0 aliphatic carbocycles. The van der Waals surface area contributed by atoms with Crippen LogP contribution in [0.3, 0.4) is 0 Å². The van der Waals surface area contributed by atoms with Crippen LogP contribution in [0.4, 0.5) is 10.1 Å². The number of hydrogen-bond donors (Lipinski definition) is 1. The Morgan fingerprint density at radius 1 is 1.08 bits per heavy atom. The fraction of sp³-hybridized carbons (Fsp3) is 0.263. The van der Waals surface area contributed by atoms with E-state index in [-0.39, 0.29) is 24.2 Å². The lowest BCUT2D eigenvalue weighted by Gasteiger charge is -2.22. The van der Waals surface area contributed by atoms with Crippen LogP contribution >= 0.6 is 0 Å². The molecule has 0 saturated carbocycles. The van der Waals surface area contributed by atoms with Gasteiger partial charge in [-0.2, -0.15) is 0 Å². The van der Waals surface area contributed by atoms with Crippen molar-refractivity contribution in [2.24, 2.45) is 0 Å². The van der Waals surface area contributed by atoms with E-state index in [1.54, 1.807) is 17.0 Å². The first-order chi connectivity index (χ1) is 11.6. The van der Waals surface area contributed by atoms with E-state index in [1.807, 2.05) is 24.3 Å². The molecular formula is C19H19FN2O2. The quantitative estimate of drug-likeness (QED) is 0.939.